The molecular formula is C14H10N4. The maximum Gasteiger partial charge on any atom is 0.154 e. The van der Waals surface area contributed by atoms with Gasteiger partial charge in [-0.25, -0.2) is 9.50 Å². The molecule has 0 radical (unpaired) electrons. The van der Waals surface area contributed by atoms with E-state index in [0.29, 0.717) is 5.56 Å². The smallest absolute Gasteiger partial charge is 0.154 e. The second-order valence-corrected chi connectivity index (χ2v) is 4.08. The highest BCUT2D eigenvalue weighted by Gasteiger charge is 2.06. The van der Waals surface area contributed by atoms with Crippen LogP contribution >= 0.6 is 0 Å². The third-order valence-corrected chi connectivity index (χ3v) is 2.81. The highest BCUT2D eigenvalue weighted by molar-refractivity contribution is 5.63. The van der Waals surface area contributed by atoms with Crippen LogP contribution in [-0.4, -0.2) is 14.6 Å². The quantitative estimate of drug-likeness (QED) is 0.650. The minimum Gasteiger partial charge on any atom is -0.235 e. The van der Waals surface area contributed by atoms with Crippen LogP contribution < -0.4 is 0 Å². The SMILES string of the molecule is Cc1ccc2ncc(-c3ccc(C#N)cc3)n2n1. The largest absolute Gasteiger partial charge is 0.235 e. The van der Waals surface area contributed by atoms with Crippen LogP contribution in [0.2, 0.25) is 0 Å². The van der Waals surface area contributed by atoms with Gasteiger partial charge in [0.1, 0.15) is 0 Å². The van der Waals surface area contributed by atoms with E-state index in [4.69, 9.17) is 5.26 Å². The Morgan fingerprint density at radius 1 is 1.11 bits per heavy atom. The van der Waals surface area contributed by atoms with Gasteiger partial charge in [-0.1, -0.05) is 12.1 Å². The fraction of sp³-hybridized carbons (Fsp3) is 0.0714. The first-order valence-corrected chi connectivity index (χ1v) is 5.60. The summed E-state index contributed by atoms with van der Waals surface area (Å²) in [5.74, 6) is 0. The number of nitriles is 1. The minimum absolute atomic E-state index is 0.650. The lowest BCUT2D eigenvalue weighted by Gasteiger charge is -2.01. The van der Waals surface area contributed by atoms with Crippen LogP contribution in [0, 0.1) is 18.3 Å². The van der Waals surface area contributed by atoms with E-state index in [-0.39, 0.29) is 0 Å². The molecule has 1 aromatic carbocycles. The molecule has 86 valence electrons. The Labute approximate surface area is 104 Å². The lowest BCUT2D eigenvalue weighted by Crippen LogP contribution is -1.95. The summed E-state index contributed by atoms with van der Waals surface area (Å²) in [6.07, 6.45) is 1.79. The molecule has 0 spiro atoms. The molecule has 2 heterocycles. The molecule has 0 saturated carbocycles. The Kier molecular flexibility index (Phi) is 2.31. The lowest BCUT2D eigenvalue weighted by molar-refractivity contribution is 0.907. The molecule has 3 aromatic rings. The molecule has 4 heteroatoms. The van der Waals surface area contributed by atoms with Crippen LogP contribution in [0.5, 0.6) is 0 Å². The van der Waals surface area contributed by atoms with Crippen LogP contribution in [0.1, 0.15) is 11.3 Å². The summed E-state index contributed by atoms with van der Waals surface area (Å²) in [6.45, 7) is 1.95. The third kappa shape index (κ3) is 1.62. The van der Waals surface area contributed by atoms with Gasteiger partial charge in [0, 0.05) is 5.56 Å². The predicted octanol–water partition coefficient (Wildman–Crippen LogP) is 2.58. The van der Waals surface area contributed by atoms with Crippen molar-refractivity contribution in [3.8, 4) is 17.3 Å². The maximum atomic E-state index is 8.79. The van der Waals surface area contributed by atoms with Crippen LogP contribution in [-0.2, 0) is 0 Å². The van der Waals surface area contributed by atoms with Gasteiger partial charge in [-0.15, -0.1) is 0 Å². The maximum absolute atomic E-state index is 8.79. The van der Waals surface area contributed by atoms with Crippen LogP contribution in [0.15, 0.2) is 42.6 Å². The zero-order valence-corrected chi connectivity index (χ0v) is 9.83. The summed E-state index contributed by atoms with van der Waals surface area (Å²) in [7, 11) is 0. The fourth-order valence-corrected chi connectivity index (χ4v) is 1.88. The summed E-state index contributed by atoms with van der Waals surface area (Å²) < 4.78 is 1.82. The number of aryl methyl sites for hydroxylation is 1. The van der Waals surface area contributed by atoms with E-state index in [0.717, 1.165) is 22.6 Å². The summed E-state index contributed by atoms with van der Waals surface area (Å²) in [5.41, 5.74) is 4.34. The summed E-state index contributed by atoms with van der Waals surface area (Å²) in [4.78, 5) is 4.31. The van der Waals surface area contributed by atoms with Gasteiger partial charge in [0.2, 0.25) is 0 Å². The summed E-state index contributed by atoms with van der Waals surface area (Å²) in [6, 6.07) is 13.4. The molecular weight excluding hydrogens is 224 g/mol. The van der Waals surface area contributed by atoms with Crippen molar-refractivity contribution in [3.05, 3.63) is 53.9 Å². The number of imidazole rings is 1. The molecule has 0 unspecified atom stereocenters. The number of fused-ring (bicyclic) bond motifs is 1. The molecule has 2 aromatic heterocycles. The van der Waals surface area contributed by atoms with Crippen molar-refractivity contribution in [1.29, 1.82) is 5.26 Å². The molecule has 0 aliphatic carbocycles. The Hall–Kier alpha value is -2.67. The van der Waals surface area contributed by atoms with E-state index >= 15 is 0 Å². The first kappa shape index (κ1) is 10.5. The monoisotopic (exact) mass is 234 g/mol. The molecule has 0 bridgehead atoms. The van der Waals surface area contributed by atoms with Crippen LogP contribution in [0.4, 0.5) is 0 Å². The number of benzene rings is 1. The van der Waals surface area contributed by atoms with E-state index in [1.807, 2.05) is 35.7 Å². The zero-order valence-electron chi connectivity index (χ0n) is 9.83. The van der Waals surface area contributed by atoms with Crippen molar-refractivity contribution in [2.24, 2.45) is 0 Å². The van der Waals surface area contributed by atoms with Gasteiger partial charge in [-0.05, 0) is 31.2 Å². The third-order valence-electron chi connectivity index (χ3n) is 2.81. The van der Waals surface area contributed by atoms with Gasteiger partial charge in [0.25, 0.3) is 0 Å². The van der Waals surface area contributed by atoms with E-state index in [9.17, 15) is 0 Å². The van der Waals surface area contributed by atoms with E-state index in [1.54, 1.807) is 18.3 Å². The number of hydrogen-bond donors (Lipinski definition) is 0. The highest BCUT2D eigenvalue weighted by atomic mass is 15.3. The Morgan fingerprint density at radius 2 is 1.89 bits per heavy atom. The van der Waals surface area contributed by atoms with Crippen molar-refractivity contribution in [3.63, 3.8) is 0 Å². The Morgan fingerprint density at radius 3 is 2.61 bits per heavy atom. The average molecular weight is 234 g/mol. The molecule has 0 N–H and O–H groups in total. The Bertz CT molecular complexity index is 748. The number of nitrogens with zero attached hydrogens (tertiary/aromatic N) is 4. The second-order valence-electron chi connectivity index (χ2n) is 4.08. The fourth-order valence-electron chi connectivity index (χ4n) is 1.88. The van der Waals surface area contributed by atoms with Crippen molar-refractivity contribution in [2.45, 2.75) is 6.92 Å². The van der Waals surface area contributed by atoms with E-state index in [2.05, 4.69) is 16.2 Å². The van der Waals surface area contributed by atoms with Gasteiger partial charge in [-0.3, -0.25) is 0 Å². The number of rotatable bonds is 1. The van der Waals surface area contributed by atoms with Gasteiger partial charge in [0.15, 0.2) is 5.65 Å². The average Bonchev–Trinajstić information content (AvgIpc) is 2.82. The Balaban J connectivity index is 2.19. The molecule has 4 nitrogen and oxygen atoms in total. The normalized spacial score (nSPS) is 10.4. The van der Waals surface area contributed by atoms with Crippen LogP contribution in [0.25, 0.3) is 16.9 Å². The van der Waals surface area contributed by atoms with Gasteiger partial charge in [-0.2, -0.15) is 10.4 Å². The van der Waals surface area contributed by atoms with Crippen LogP contribution in [0.3, 0.4) is 0 Å². The van der Waals surface area contributed by atoms with Crippen molar-refractivity contribution >= 4 is 5.65 Å². The number of aromatic nitrogens is 3. The van der Waals surface area contributed by atoms with Gasteiger partial charge >= 0.3 is 0 Å². The summed E-state index contributed by atoms with van der Waals surface area (Å²) in [5, 5.41) is 13.2. The molecule has 0 fully saturated rings. The standard InChI is InChI=1S/C14H10N4/c1-10-2-7-14-16-9-13(18(14)17-10)12-5-3-11(8-15)4-6-12/h2-7,9H,1H3. The predicted molar refractivity (Wildman–Crippen MR) is 67.9 cm³/mol. The molecule has 0 aliphatic rings. The molecule has 0 aliphatic heterocycles. The van der Waals surface area contributed by atoms with Crippen molar-refractivity contribution < 1.29 is 0 Å². The zero-order chi connectivity index (χ0) is 12.5. The van der Waals surface area contributed by atoms with Gasteiger partial charge < -0.3 is 0 Å². The first-order chi connectivity index (χ1) is 8.78. The van der Waals surface area contributed by atoms with E-state index in [1.165, 1.54) is 0 Å². The van der Waals surface area contributed by atoms with Crippen molar-refractivity contribution in [1.82, 2.24) is 14.6 Å². The molecule has 0 saturated heterocycles. The second kappa shape index (κ2) is 3.97. The molecule has 3 rings (SSSR count). The molecule has 0 amide bonds. The molecule has 0 atom stereocenters. The highest BCUT2D eigenvalue weighted by Crippen LogP contribution is 2.20. The topological polar surface area (TPSA) is 54.0 Å². The molecule has 18 heavy (non-hydrogen) atoms. The lowest BCUT2D eigenvalue weighted by atomic mass is 10.1. The minimum atomic E-state index is 0.650. The van der Waals surface area contributed by atoms with Crippen molar-refractivity contribution in [2.75, 3.05) is 0 Å². The summed E-state index contributed by atoms with van der Waals surface area (Å²) >= 11 is 0. The number of hydrogen-bond acceptors (Lipinski definition) is 3. The van der Waals surface area contributed by atoms with E-state index < -0.39 is 0 Å². The first-order valence-electron chi connectivity index (χ1n) is 5.60. The van der Waals surface area contributed by atoms with Gasteiger partial charge in [0.05, 0.1) is 29.2 Å².